The highest BCUT2D eigenvalue weighted by Crippen LogP contribution is 2.42. The number of hydrogen-bond donors (Lipinski definition) is 1. The standard InChI is InChI=1S/C73H54N4O/c1-2-73(78)74-59-35-23-52(24-36-59)54-27-39-60(40-28-54)75(64-45-33-58(34-46-64)68-20-12-16-57-15-6-7-17-67(57)68)61-41-29-55(30-42-61)56-31-43-63(44-32-56)76(62-37-25-53(26-38-62)51-13-4-3-5-14-51)65-47-49-66(50-48-65)77-71-21-10-8-18-69(71)70-19-9-11-22-72(70)77/h2-15,17-50,57H,1,16H2,(H,74,78). The summed E-state index contributed by atoms with van der Waals surface area (Å²) in [5.41, 5.74) is 21.2. The van der Waals surface area contributed by atoms with E-state index in [1.165, 1.54) is 55.7 Å². The predicted molar refractivity (Wildman–Crippen MR) is 328 cm³/mol. The van der Waals surface area contributed by atoms with Crippen molar-refractivity contribution in [3.8, 4) is 39.1 Å². The Morgan fingerprint density at radius 3 is 1.29 bits per heavy atom. The summed E-state index contributed by atoms with van der Waals surface area (Å²) in [7, 11) is 0. The number of aromatic nitrogens is 1. The molecule has 10 aromatic carbocycles. The average molecular weight is 1000 g/mol. The second-order valence-corrected chi connectivity index (χ2v) is 19.8. The highest BCUT2D eigenvalue weighted by Gasteiger charge is 2.21. The van der Waals surface area contributed by atoms with Crippen LogP contribution in [0.5, 0.6) is 0 Å². The van der Waals surface area contributed by atoms with Crippen LogP contribution in [0.4, 0.5) is 39.8 Å². The van der Waals surface area contributed by atoms with Gasteiger partial charge in [-0.3, -0.25) is 4.79 Å². The molecule has 1 N–H and O–H groups in total. The first-order valence-electron chi connectivity index (χ1n) is 26.6. The van der Waals surface area contributed by atoms with Crippen molar-refractivity contribution in [2.24, 2.45) is 5.92 Å². The summed E-state index contributed by atoms with van der Waals surface area (Å²) in [6.07, 6.45) is 15.7. The number of nitrogens with one attached hydrogen (secondary N) is 1. The molecule has 0 saturated carbocycles. The zero-order valence-corrected chi connectivity index (χ0v) is 43.0. The molecule has 0 aliphatic heterocycles. The van der Waals surface area contributed by atoms with Crippen LogP contribution in [0, 0.1) is 5.92 Å². The lowest BCUT2D eigenvalue weighted by atomic mass is 9.82. The Balaban J connectivity index is 0.821. The van der Waals surface area contributed by atoms with Gasteiger partial charge in [-0.1, -0.05) is 183 Å². The van der Waals surface area contributed by atoms with Gasteiger partial charge in [0.05, 0.1) is 11.0 Å². The van der Waals surface area contributed by atoms with Gasteiger partial charge in [0.1, 0.15) is 0 Å². The fraction of sp³-hybridized carbons (Fsp3) is 0.0274. The number of carbonyl (C=O) groups excluding carboxylic acids is 1. The Morgan fingerprint density at radius 2 is 0.833 bits per heavy atom. The van der Waals surface area contributed by atoms with Crippen molar-refractivity contribution in [1.29, 1.82) is 0 Å². The number of hydrogen-bond acceptors (Lipinski definition) is 3. The zero-order chi connectivity index (χ0) is 52.4. The molecule has 5 heteroatoms. The van der Waals surface area contributed by atoms with Crippen molar-refractivity contribution in [1.82, 2.24) is 4.57 Å². The van der Waals surface area contributed by atoms with Crippen LogP contribution in [0.3, 0.4) is 0 Å². The van der Waals surface area contributed by atoms with Crippen LogP contribution in [-0.2, 0) is 4.79 Å². The number of fused-ring (bicyclic) bond motifs is 4. The summed E-state index contributed by atoms with van der Waals surface area (Å²) < 4.78 is 2.37. The molecule has 1 aromatic heterocycles. The van der Waals surface area contributed by atoms with Crippen LogP contribution in [-0.4, -0.2) is 10.5 Å². The summed E-state index contributed by atoms with van der Waals surface area (Å²) in [6.45, 7) is 3.57. The molecule has 0 saturated heterocycles. The second-order valence-electron chi connectivity index (χ2n) is 19.8. The number of nitrogens with zero attached hydrogens (tertiary/aromatic N) is 3. The van der Waals surface area contributed by atoms with E-state index >= 15 is 0 Å². The molecule has 1 unspecified atom stereocenters. The molecule has 0 radical (unpaired) electrons. The van der Waals surface area contributed by atoms with Crippen molar-refractivity contribution < 1.29 is 4.79 Å². The zero-order valence-electron chi connectivity index (χ0n) is 43.0. The molecule has 11 aromatic rings. The molecule has 5 nitrogen and oxygen atoms in total. The first-order valence-corrected chi connectivity index (χ1v) is 26.6. The summed E-state index contributed by atoms with van der Waals surface area (Å²) in [4.78, 5) is 16.6. The van der Waals surface area contributed by atoms with Gasteiger partial charge in [0, 0.05) is 62.2 Å². The lowest BCUT2D eigenvalue weighted by molar-refractivity contribution is -0.111. The van der Waals surface area contributed by atoms with E-state index in [-0.39, 0.29) is 5.91 Å². The fourth-order valence-corrected chi connectivity index (χ4v) is 11.2. The fourth-order valence-electron chi connectivity index (χ4n) is 11.2. The molecule has 78 heavy (non-hydrogen) atoms. The number of allylic oxidation sites excluding steroid dienone is 8. The van der Waals surface area contributed by atoms with E-state index in [0.717, 1.165) is 74.2 Å². The molecule has 372 valence electrons. The van der Waals surface area contributed by atoms with Gasteiger partial charge < -0.3 is 19.7 Å². The molecule has 13 rings (SSSR count). The Kier molecular flexibility index (Phi) is 12.7. The summed E-state index contributed by atoms with van der Waals surface area (Å²) in [6, 6.07) is 89.0. The number of amides is 1. The van der Waals surface area contributed by atoms with E-state index in [4.69, 9.17) is 0 Å². The Morgan fingerprint density at radius 1 is 0.436 bits per heavy atom. The number of anilines is 7. The summed E-state index contributed by atoms with van der Waals surface area (Å²) in [5.74, 6) is 0.179. The minimum absolute atomic E-state index is 0.232. The Hall–Kier alpha value is -10.2. The van der Waals surface area contributed by atoms with E-state index < -0.39 is 0 Å². The maximum atomic E-state index is 11.9. The lowest BCUT2D eigenvalue weighted by Crippen LogP contribution is -2.10. The van der Waals surface area contributed by atoms with Crippen LogP contribution < -0.4 is 15.1 Å². The Bertz CT molecular complexity index is 4060. The van der Waals surface area contributed by atoms with Crippen LogP contribution in [0.1, 0.15) is 12.0 Å². The average Bonchev–Trinajstić information content (AvgIpc) is 4.01. The van der Waals surface area contributed by atoms with Gasteiger partial charge in [-0.05, 0) is 172 Å². The molecule has 2 aliphatic rings. The molecule has 0 bridgehead atoms. The smallest absolute Gasteiger partial charge is 0.247 e. The van der Waals surface area contributed by atoms with Gasteiger partial charge in [0.15, 0.2) is 0 Å². The molecule has 1 heterocycles. The highest BCUT2D eigenvalue weighted by atomic mass is 16.1. The topological polar surface area (TPSA) is 40.5 Å². The number of carbonyl (C=O) groups is 1. The first kappa shape index (κ1) is 47.5. The third-order valence-electron chi connectivity index (χ3n) is 15.1. The van der Waals surface area contributed by atoms with Gasteiger partial charge in [0.2, 0.25) is 5.91 Å². The van der Waals surface area contributed by atoms with E-state index in [1.807, 2.05) is 24.3 Å². The van der Waals surface area contributed by atoms with Crippen LogP contribution in [0.15, 0.2) is 303 Å². The number of benzene rings is 10. The molecule has 1 atom stereocenters. The minimum Gasteiger partial charge on any atom is -0.323 e. The SMILES string of the molecule is C=CC(=O)Nc1ccc(-c2ccc(N(c3ccc(C4=C5C=CC=CC5CC=C4)cc3)c3ccc(-c4ccc(N(c5ccc(-c6ccccc6)cc5)c5ccc(-n6c7ccccc7c7ccccc76)cc5)cc4)cc3)cc2)cc1. The molecule has 0 spiro atoms. The highest BCUT2D eigenvalue weighted by molar-refractivity contribution is 6.09. The first-order chi connectivity index (χ1) is 38.5. The van der Waals surface area contributed by atoms with Crippen LogP contribution in [0.2, 0.25) is 0 Å². The second kappa shape index (κ2) is 20.8. The molecule has 2 aliphatic carbocycles. The maximum Gasteiger partial charge on any atom is 0.247 e. The van der Waals surface area contributed by atoms with Crippen molar-refractivity contribution >= 4 is 73.1 Å². The van der Waals surface area contributed by atoms with Gasteiger partial charge >= 0.3 is 0 Å². The van der Waals surface area contributed by atoms with E-state index in [2.05, 4.69) is 287 Å². The summed E-state index contributed by atoms with van der Waals surface area (Å²) >= 11 is 0. The third kappa shape index (κ3) is 9.24. The van der Waals surface area contributed by atoms with E-state index in [9.17, 15) is 4.79 Å². The quantitative estimate of drug-likeness (QED) is 0.117. The van der Waals surface area contributed by atoms with E-state index in [1.54, 1.807) is 0 Å². The largest absolute Gasteiger partial charge is 0.323 e. The monoisotopic (exact) mass is 1000 g/mol. The number of rotatable bonds is 13. The van der Waals surface area contributed by atoms with Crippen molar-refractivity contribution in [2.75, 3.05) is 15.1 Å². The molecular formula is C73H54N4O. The van der Waals surface area contributed by atoms with Crippen LogP contribution >= 0.6 is 0 Å². The van der Waals surface area contributed by atoms with Gasteiger partial charge in [0.25, 0.3) is 0 Å². The number of para-hydroxylation sites is 2. The predicted octanol–water partition coefficient (Wildman–Crippen LogP) is 19.3. The normalized spacial score (nSPS) is 13.6. The van der Waals surface area contributed by atoms with Crippen molar-refractivity contribution in [3.63, 3.8) is 0 Å². The van der Waals surface area contributed by atoms with E-state index in [0.29, 0.717) is 5.92 Å². The van der Waals surface area contributed by atoms with Gasteiger partial charge in [-0.25, -0.2) is 0 Å². The molecular weight excluding hydrogens is 949 g/mol. The van der Waals surface area contributed by atoms with Gasteiger partial charge in [-0.15, -0.1) is 0 Å². The Labute approximate surface area is 455 Å². The van der Waals surface area contributed by atoms with Crippen molar-refractivity contribution in [3.05, 3.63) is 309 Å². The molecule has 1 amide bonds. The third-order valence-corrected chi connectivity index (χ3v) is 15.1. The molecule has 0 fully saturated rings. The summed E-state index contributed by atoms with van der Waals surface area (Å²) in [5, 5.41) is 5.34. The van der Waals surface area contributed by atoms with Crippen LogP contribution in [0.25, 0.3) is 66.4 Å². The maximum absolute atomic E-state index is 11.9. The van der Waals surface area contributed by atoms with Gasteiger partial charge in [-0.2, -0.15) is 0 Å². The van der Waals surface area contributed by atoms with Crippen molar-refractivity contribution in [2.45, 2.75) is 6.42 Å². The lowest BCUT2D eigenvalue weighted by Gasteiger charge is -2.27. The minimum atomic E-state index is -0.232.